The maximum atomic E-state index is 11.0. The lowest BCUT2D eigenvalue weighted by molar-refractivity contribution is -0.362. The van der Waals surface area contributed by atoms with E-state index in [2.05, 4.69) is 25.2 Å². The fourth-order valence-corrected chi connectivity index (χ4v) is 2.52. The number of alkyl halides is 1. The highest BCUT2D eigenvalue weighted by molar-refractivity contribution is 6.26. The SMILES string of the molecule is N/C(C[C@H]1Nc2ccc[nH+]c2N1C1CC1)=N/OC(=O)CCl. The average molecular weight is 311 g/mol. The summed E-state index contributed by atoms with van der Waals surface area (Å²) in [7, 11) is 0. The van der Waals surface area contributed by atoms with Gasteiger partial charge < -0.3 is 15.9 Å². The van der Waals surface area contributed by atoms with Gasteiger partial charge in [-0.25, -0.2) is 14.7 Å². The molecule has 112 valence electrons. The first-order chi connectivity index (χ1) is 10.2. The summed E-state index contributed by atoms with van der Waals surface area (Å²) in [4.78, 5) is 21.1. The second-order valence-corrected chi connectivity index (χ2v) is 5.38. The molecule has 0 amide bonds. The van der Waals surface area contributed by atoms with Crippen molar-refractivity contribution < 1.29 is 14.6 Å². The Morgan fingerprint density at radius 2 is 2.43 bits per heavy atom. The molecule has 0 spiro atoms. The maximum Gasteiger partial charge on any atom is 0.349 e. The zero-order valence-corrected chi connectivity index (χ0v) is 12.1. The van der Waals surface area contributed by atoms with E-state index in [9.17, 15) is 4.79 Å². The van der Waals surface area contributed by atoms with Gasteiger partial charge in [0, 0.05) is 0 Å². The predicted octanol–water partition coefficient (Wildman–Crippen LogP) is 0.665. The van der Waals surface area contributed by atoms with Crippen LogP contribution in [-0.4, -0.2) is 29.9 Å². The van der Waals surface area contributed by atoms with Gasteiger partial charge in [-0.3, -0.25) is 0 Å². The molecule has 1 aromatic rings. The van der Waals surface area contributed by atoms with Crippen LogP contribution in [0.25, 0.3) is 0 Å². The number of aromatic nitrogens is 1. The van der Waals surface area contributed by atoms with Crippen LogP contribution in [0.4, 0.5) is 11.5 Å². The number of anilines is 2. The summed E-state index contributed by atoms with van der Waals surface area (Å²) in [6.45, 7) is 0. The van der Waals surface area contributed by atoms with E-state index in [1.165, 1.54) is 12.8 Å². The maximum absolute atomic E-state index is 11.0. The Morgan fingerprint density at radius 3 is 3.14 bits per heavy atom. The summed E-state index contributed by atoms with van der Waals surface area (Å²) in [5.74, 6) is 0.460. The largest absolute Gasteiger partial charge is 0.384 e. The molecule has 1 aliphatic heterocycles. The van der Waals surface area contributed by atoms with E-state index in [1.807, 2.05) is 18.3 Å². The Labute approximate surface area is 127 Å². The van der Waals surface area contributed by atoms with Gasteiger partial charge in [0.1, 0.15) is 17.4 Å². The Bertz CT molecular complexity index is 575. The number of hydrogen-bond donors (Lipinski definition) is 2. The van der Waals surface area contributed by atoms with Gasteiger partial charge in [-0.05, 0) is 25.0 Å². The number of nitrogens with one attached hydrogen (secondary N) is 2. The van der Waals surface area contributed by atoms with Crippen LogP contribution in [0.3, 0.4) is 0 Å². The number of H-pyrrole nitrogens is 1. The third kappa shape index (κ3) is 3.02. The number of halogens is 1. The molecule has 4 N–H and O–H groups in total. The minimum absolute atomic E-state index is 0.00426. The van der Waals surface area contributed by atoms with Gasteiger partial charge in [0.2, 0.25) is 0 Å². The number of nitrogens with two attached hydrogens (primary N) is 1. The van der Waals surface area contributed by atoms with Crippen LogP contribution in [0.2, 0.25) is 0 Å². The van der Waals surface area contributed by atoms with Gasteiger partial charge in [-0.1, -0.05) is 5.16 Å². The van der Waals surface area contributed by atoms with Crippen LogP contribution in [0, 0.1) is 0 Å². The molecule has 2 heterocycles. The summed E-state index contributed by atoms with van der Waals surface area (Å²) >= 11 is 5.33. The molecule has 0 unspecified atom stereocenters. The summed E-state index contributed by atoms with van der Waals surface area (Å²) in [5, 5.41) is 7.02. The number of rotatable bonds is 5. The van der Waals surface area contributed by atoms with E-state index in [1.54, 1.807) is 0 Å². The van der Waals surface area contributed by atoms with E-state index in [4.69, 9.17) is 17.3 Å². The van der Waals surface area contributed by atoms with Gasteiger partial charge in [0.25, 0.3) is 5.82 Å². The van der Waals surface area contributed by atoms with Crippen molar-refractivity contribution in [2.75, 3.05) is 16.1 Å². The van der Waals surface area contributed by atoms with Gasteiger partial charge >= 0.3 is 5.97 Å². The fraction of sp³-hybridized carbons (Fsp3) is 0.462. The Kier molecular flexibility index (Phi) is 3.83. The monoisotopic (exact) mass is 310 g/mol. The molecule has 7 nitrogen and oxygen atoms in total. The van der Waals surface area contributed by atoms with Gasteiger partial charge in [0.15, 0.2) is 6.17 Å². The van der Waals surface area contributed by atoms with Crippen LogP contribution >= 0.6 is 11.6 Å². The molecule has 3 rings (SSSR count). The molecule has 1 aromatic heterocycles. The van der Waals surface area contributed by atoms with Gasteiger partial charge in [0.05, 0.1) is 18.7 Å². The lowest BCUT2D eigenvalue weighted by Crippen LogP contribution is -2.42. The van der Waals surface area contributed by atoms with Gasteiger partial charge in [-0.15, -0.1) is 11.6 Å². The number of oxime groups is 1. The molecule has 8 heteroatoms. The summed E-state index contributed by atoms with van der Waals surface area (Å²) < 4.78 is 0. The normalized spacial score (nSPS) is 20.9. The second kappa shape index (κ2) is 5.77. The lowest BCUT2D eigenvalue weighted by atomic mass is 10.3. The van der Waals surface area contributed by atoms with Crippen molar-refractivity contribution in [3.05, 3.63) is 18.3 Å². The molecule has 1 fully saturated rings. The Hall–Kier alpha value is -2.02. The van der Waals surface area contributed by atoms with Crippen molar-refractivity contribution in [3.63, 3.8) is 0 Å². The quantitative estimate of drug-likeness (QED) is 0.274. The average Bonchev–Trinajstić information content (AvgIpc) is 3.26. The van der Waals surface area contributed by atoms with Crippen LogP contribution < -0.4 is 20.9 Å². The van der Waals surface area contributed by atoms with Crippen molar-refractivity contribution in [2.45, 2.75) is 31.5 Å². The van der Waals surface area contributed by atoms with Crippen LogP contribution in [0.1, 0.15) is 19.3 Å². The number of aromatic amines is 1. The molecular formula is C13H17ClN5O2+. The smallest absolute Gasteiger partial charge is 0.349 e. The first kappa shape index (κ1) is 13.9. The molecular weight excluding hydrogens is 294 g/mol. The van der Waals surface area contributed by atoms with Crippen molar-refractivity contribution in [2.24, 2.45) is 10.9 Å². The van der Waals surface area contributed by atoms with Crippen molar-refractivity contribution in [1.82, 2.24) is 0 Å². The summed E-state index contributed by atoms with van der Waals surface area (Å²) in [6.07, 6.45) is 4.69. The van der Waals surface area contributed by atoms with Crippen molar-refractivity contribution in [1.29, 1.82) is 0 Å². The Balaban J connectivity index is 1.70. The molecule has 1 aliphatic carbocycles. The molecule has 1 atom stereocenters. The zero-order chi connectivity index (χ0) is 14.8. The van der Waals surface area contributed by atoms with E-state index in [0.29, 0.717) is 12.5 Å². The third-order valence-corrected chi connectivity index (χ3v) is 3.69. The minimum Gasteiger partial charge on any atom is -0.384 e. The number of nitrogens with zero attached hydrogens (tertiary/aromatic N) is 2. The topological polar surface area (TPSA) is 94.1 Å². The Morgan fingerprint density at radius 1 is 1.62 bits per heavy atom. The summed E-state index contributed by atoms with van der Waals surface area (Å²) in [6, 6.07) is 4.47. The number of hydrogen-bond acceptors (Lipinski definition) is 5. The first-order valence-electron chi connectivity index (χ1n) is 6.82. The molecule has 2 aliphatic rings. The molecule has 0 aromatic carbocycles. The number of pyridine rings is 1. The molecule has 0 radical (unpaired) electrons. The van der Waals surface area contributed by atoms with Crippen LogP contribution in [-0.2, 0) is 9.63 Å². The van der Waals surface area contributed by atoms with Crippen molar-refractivity contribution >= 4 is 34.9 Å². The standard InChI is InChI=1S/C13H16ClN5O2/c14-7-12(20)21-18-10(15)6-11-17-9-2-1-5-16-13(9)19(11)8-3-4-8/h1-2,5,8,11,17H,3-4,6-7H2,(H2,15,18)/p+1/t11-/m0/s1. The predicted molar refractivity (Wildman–Crippen MR) is 79.0 cm³/mol. The highest BCUT2D eigenvalue weighted by Gasteiger charge is 2.46. The molecule has 1 saturated carbocycles. The minimum atomic E-state index is -0.616. The number of carbonyl (C=O) groups is 1. The van der Waals surface area contributed by atoms with Crippen LogP contribution in [0.15, 0.2) is 23.5 Å². The fourth-order valence-electron chi connectivity index (χ4n) is 2.47. The number of carbonyl (C=O) groups excluding carboxylic acids is 1. The van der Waals surface area contributed by atoms with E-state index in [0.717, 1.165) is 11.5 Å². The molecule has 0 saturated heterocycles. The molecule has 21 heavy (non-hydrogen) atoms. The summed E-state index contributed by atoms with van der Waals surface area (Å²) in [5.41, 5.74) is 6.87. The first-order valence-corrected chi connectivity index (χ1v) is 7.36. The van der Waals surface area contributed by atoms with E-state index < -0.39 is 5.97 Å². The number of amidine groups is 1. The van der Waals surface area contributed by atoms with Gasteiger partial charge in [-0.2, -0.15) is 0 Å². The highest BCUT2D eigenvalue weighted by atomic mass is 35.5. The van der Waals surface area contributed by atoms with E-state index in [-0.39, 0.29) is 17.9 Å². The van der Waals surface area contributed by atoms with Crippen molar-refractivity contribution in [3.8, 4) is 0 Å². The second-order valence-electron chi connectivity index (χ2n) is 5.11. The molecule has 0 bridgehead atoms. The van der Waals surface area contributed by atoms with Crippen LogP contribution in [0.5, 0.6) is 0 Å². The third-order valence-electron chi connectivity index (χ3n) is 3.47. The zero-order valence-electron chi connectivity index (χ0n) is 11.4. The number of fused-ring (bicyclic) bond motifs is 1. The lowest BCUT2D eigenvalue weighted by Gasteiger charge is -2.18. The van der Waals surface area contributed by atoms with E-state index >= 15 is 0 Å². The highest BCUT2D eigenvalue weighted by Crippen LogP contribution is 2.39.